The molecular formula is C32H36N2O7. The van der Waals surface area contributed by atoms with Crippen LogP contribution in [0, 0.1) is 17.0 Å². The Morgan fingerprint density at radius 1 is 0.951 bits per heavy atom. The number of ether oxygens (including phenoxy) is 3. The highest BCUT2D eigenvalue weighted by molar-refractivity contribution is 6.04. The number of esters is 1. The van der Waals surface area contributed by atoms with Crippen molar-refractivity contribution in [2.75, 3.05) is 14.2 Å². The van der Waals surface area contributed by atoms with Crippen molar-refractivity contribution in [1.82, 2.24) is 5.32 Å². The zero-order valence-corrected chi connectivity index (χ0v) is 24.0. The summed E-state index contributed by atoms with van der Waals surface area (Å²) in [7, 11) is 3.15. The summed E-state index contributed by atoms with van der Waals surface area (Å²) in [5.74, 6) is -0.276. The Bertz CT molecular complexity index is 1450. The van der Waals surface area contributed by atoms with Crippen LogP contribution in [0.25, 0.3) is 0 Å². The van der Waals surface area contributed by atoms with Crippen molar-refractivity contribution >= 4 is 17.4 Å². The van der Waals surface area contributed by atoms with Crippen LogP contribution in [-0.2, 0) is 14.3 Å². The summed E-state index contributed by atoms with van der Waals surface area (Å²) in [6.45, 7) is 3.48. The van der Waals surface area contributed by atoms with Gasteiger partial charge in [0.25, 0.3) is 5.69 Å². The largest absolute Gasteiger partial charge is 0.493 e. The number of dihydropyridines is 1. The van der Waals surface area contributed by atoms with Crippen LogP contribution in [0.1, 0.15) is 80.4 Å². The number of ketones is 1. The van der Waals surface area contributed by atoms with E-state index in [9.17, 15) is 19.7 Å². The summed E-state index contributed by atoms with van der Waals surface area (Å²) in [6, 6.07) is 10.6. The first-order chi connectivity index (χ1) is 19.7. The van der Waals surface area contributed by atoms with Gasteiger partial charge in [0.2, 0.25) is 0 Å². The summed E-state index contributed by atoms with van der Waals surface area (Å²) in [4.78, 5) is 39.1. The molecule has 0 spiro atoms. The topological polar surface area (TPSA) is 117 Å². The highest BCUT2D eigenvalue weighted by atomic mass is 16.6. The van der Waals surface area contributed by atoms with Gasteiger partial charge in [-0.15, -0.1) is 0 Å². The van der Waals surface area contributed by atoms with E-state index in [1.165, 1.54) is 6.07 Å². The van der Waals surface area contributed by atoms with E-state index in [1.54, 1.807) is 40.2 Å². The molecule has 3 aliphatic rings. The Morgan fingerprint density at radius 2 is 1.66 bits per heavy atom. The van der Waals surface area contributed by atoms with E-state index in [-0.39, 0.29) is 29.9 Å². The van der Waals surface area contributed by atoms with Crippen molar-refractivity contribution < 1.29 is 28.7 Å². The number of Topliss-reactive ketones (excluding diaryl/α,β-unsaturated/α-hetero) is 1. The summed E-state index contributed by atoms with van der Waals surface area (Å²) >= 11 is 0. The zero-order chi connectivity index (χ0) is 29.3. The highest BCUT2D eigenvalue weighted by Crippen LogP contribution is 2.47. The predicted octanol–water partition coefficient (Wildman–Crippen LogP) is 6.16. The van der Waals surface area contributed by atoms with Gasteiger partial charge in [-0.2, -0.15) is 0 Å². The molecule has 1 N–H and O–H groups in total. The number of nitrogens with zero attached hydrogens (tertiary/aromatic N) is 1. The van der Waals surface area contributed by atoms with Crippen LogP contribution in [-0.4, -0.2) is 37.0 Å². The molecule has 0 unspecified atom stereocenters. The molecule has 0 bridgehead atoms. The highest BCUT2D eigenvalue weighted by Gasteiger charge is 2.42. The van der Waals surface area contributed by atoms with Gasteiger partial charge >= 0.3 is 5.97 Å². The Hall–Kier alpha value is -4.14. The maximum Gasteiger partial charge on any atom is 0.337 e. The first-order valence-corrected chi connectivity index (χ1v) is 14.1. The Kier molecular flexibility index (Phi) is 8.15. The van der Waals surface area contributed by atoms with Crippen LogP contribution in [0.5, 0.6) is 11.5 Å². The first-order valence-electron chi connectivity index (χ1n) is 14.1. The molecule has 0 amide bonds. The van der Waals surface area contributed by atoms with Gasteiger partial charge in [-0.05, 0) is 75.1 Å². The fraction of sp³-hybridized carbons (Fsp3) is 0.438. The molecule has 9 heteroatoms. The number of aryl methyl sites for hydroxylation is 1. The summed E-state index contributed by atoms with van der Waals surface area (Å²) < 4.78 is 16.8. The minimum atomic E-state index is -0.763. The molecule has 2 aliphatic carbocycles. The zero-order valence-electron chi connectivity index (χ0n) is 24.0. The van der Waals surface area contributed by atoms with Gasteiger partial charge < -0.3 is 19.5 Å². The number of nitro groups is 1. The van der Waals surface area contributed by atoms with Crippen molar-refractivity contribution in [1.29, 1.82) is 0 Å². The Balaban J connectivity index is 1.56. The third-order valence-corrected chi connectivity index (χ3v) is 8.52. The molecule has 2 atom stereocenters. The summed E-state index contributed by atoms with van der Waals surface area (Å²) in [6.07, 6.45) is 5.35. The normalized spacial score (nSPS) is 21.2. The number of rotatable bonds is 7. The number of allylic oxidation sites excluding steroid dienone is 3. The molecule has 1 fully saturated rings. The molecule has 0 radical (unpaired) electrons. The maximum atomic E-state index is 14.0. The van der Waals surface area contributed by atoms with E-state index in [1.807, 2.05) is 18.2 Å². The second-order valence-electron chi connectivity index (χ2n) is 11.1. The number of methoxy groups -OCH3 is 2. The van der Waals surface area contributed by atoms with Crippen molar-refractivity contribution in [3.8, 4) is 11.5 Å². The second-order valence-corrected chi connectivity index (χ2v) is 11.1. The third-order valence-electron chi connectivity index (χ3n) is 8.52. The molecule has 0 aromatic heterocycles. The minimum Gasteiger partial charge on any atom is -0.493 e. The average molecular weight is 561 g/mol. The van der Waals surface area contributed by atoms with Crippen molar-refractivity contribution in [2.45, 2.75) is 76.7 Å². The van der Waals surface area contributed by atoms with Crippen LogP contribution in [0.4, 0.5) is 5.69 Å². The molecule has 0 saturated heterocycles. The lowest BCUT2D eigenvalue weighted by atomic mass is 9.71. The van der Waals surface area contributed by atoms with E-state index >= 15 is 0 Å². The maximum absolute atomic E-state index is 14.0. The number of carbonyl (C=O) groups excluding carboxylic acids is 2. The molecule has 1 saturated carbocycles. The number of carbonyl (C=O) groups is 2. The van der Waals surface area contributed by atoms with E-state index in [0.717, 1.165) is 43.4 Å². The monoisotopic (exact) mass is 560 g/mol. The van der Waals surface area contributed by atoms with Gasteiger partial charge in [-0.3, -0.25) is 14.9 Å². The summed E-state index contributed by atoms with van der Waals surface area (Å²) in [5, 5.41) is 15.2. The molecule has 2 aromatic rings. The van der Waals surface area contributed by atoms with E-state index < -0.39 is 16.8 Å². The molecule has 5 rings (SSSR count). The molecule has 41 heavy (non-hydrogen) atoms. The van der Waals surface area contributed by atoms with Gasteiger partial charge in [0, 0.05) is 40.9 Å². The van der Waals surface area contributed by atoms with Crippen LogP contribution < -0.4 is 14.8 Å². The number of hydrogen-bond donors (Lipinski definition) is 1. The van der Waals surface area contributed by atoms with Gasteiger partial charge in [0.05, 0.1) is 24.7 Å². The van der Waals surface area contributed by atoms with Crippen molar-refractivity contribution in [2.24, 2.45) is 0 Å². The lowest BCUT2D eigenvalue weighted by Crippen LogP contribution is -2.37. The Morgan fingerprint density at radius 3 is 2.34 bits per heavy atom. The summed E-state index contributed by atoms with van der Waals surface area (Å²) in [5.41, 5.74) is 4.07. The molecule has 1 aliphatic heterocycles. The number of benzene rings is 2. The third kappa shape index (κ3) is 5.58. The van der Waals surface area contributed by atoms with E-state index in [2.05, 4.69) is 5.32 Å². The van der Waals surface area contributed by atoms with E-state index in [4.69, 9.17) is 14.2 Å². The standard InChI is InChI=1S/C32H36N2O7/c1-18-10-11-21(15-25(18)34(37)38)30-29(32(36)41-23-8-6-5-7-9-23)19(2)33-24-14-22(16-26(35)31(24)30)20-12-13-27(39-3)28(17-20)40-4/h10-13,15,17,22-23,30,33H,5-9,14,16H2,1-4H3/t22-,30+/m0/s1. The average Bonchev–Trinajstić information content (AvgIpc) is 2.96. The van der Waals surface area contributed by atoms with Crippen LogP contribution in [0.15, 0.2) is 58.9 Å². The van der Waals surface area contributed by atoms with E-state index in [0.29, 0.717) is 45.9 Å². The smallest absolute Gasteiger partial charge is 0.337 e. The van der Waals surface area contributed by atoms with Gasteiger partial charge in [-0.1, -0.05) is 24.6 Å². The first kappa shape index (κ1) is 28.4. The Labute approximate surface area is 239 Å². The second kappa shape index (κ2) is 11.8. The fourth-order valence-corrected chi connectivity index (χ4v) is 6.39. The van der Waals surface area contributed by atoms with Crippen molar-refractivity contribution in [3.05, 3.63) is 85.7 Å². The quantitative estimate of drug-likeness (QED) is 0.243. The molecule has 1 heterocycles. The lowest BCUT2D eigenvalue weighted by Gasteiger charge is -2.37. The number of hydrogen-bond acceptors (Lipinski definition) is 8. The molecule has 2 aromatic carbocycles. The predicted molar refractivity (Wildman–Crippen MR) is 153 cm³/mol. The molecule has 216 valence electrons. The molecule has 9 nitrogen and oxygen atoms in total. The van der Waals surface area contributed by atoms with Crippen molar-refractivity contribution in [3.63, 3.8) is 0 Å². The van der Waals surface area contributed by atoms with Gasteiger partial charge in [0.1, 0.15) is 6.10 Å². The number of nitrogens with one attached hydrogen (secondary N) is 1. The van der Waals surface area contributed by atoms with Gasteiger partial charge in [0.15, 0.2) is 17.3 Å². The number of nitro benzene ring substituents is 1. The van der Waals surface area contributed by atoms with Gasteiger partial charge in [-0.25, -0.2) is 4.79 Å². The van der Waals surface area contributed by atoms with Crippen LogP contribution in [0.2, 0.25) is 0 Å². The molecular weight excluding hydrogens is 524 g/mol. The lowest BCUT2D eigenvalue weighted by molar-refractivity contribution is -0.385. The van der Waals surface area contributed by atoms with Crippen LogP contribution >= 0.6 is 0 Å². The fourth-order valence-electron chi connectivity index (χ4n) is 6.39. The minimum absolute atomic E-state index is 0.0488. The van der Waals surface area contributed by atoms with Crippen LogP contribution in [0.3, 0.4) is 0 Å². The SMILES string of the molecule is COc1ccc([C@@H]2CC(=O)C3=C(C2)NC(C)=C(C(=O)OC2CCCCC2)[C@H]3c2ccc(C)c([N+](=O)[O-])c2)cc1OC.